The Bertz CT molecular complexity index is 567. The second-order valence-corrected chi connectivity index (χ2v) is 5.56. The Morgan fingerprint density at radius 1 is 1.17 bits per heavy atom. The minimum Gasteiger partial charge on any atom is -0.381 e. The molecule has 2 aromatic rings. The lowest BCUT2D eigenvalue weighted by molar-refractivity contribution is 0.0979. The van der Waals surface area contributed by atoms with E-state index in [-0.39, 0.29) is 5.56 Å². The van der Waals surface area contributed by atoms with Crippen LogP contribution in [0.4, 0.5) is 4.39 Å². The van der Waals surface area contributed by atoms with E-state index in [0.717, 1.165) is 4.47 Å². The average molecular weight is 330 g/mol. The minimum atomic E-state index is -1.39. The highest BCUT2D eigenvalue weighted by atomic mass is 79.9. The highest BCUT2D eigenvalue weighted by Crippen LogP contribution is 2.32. The number of hydrogen-bond acceptors (Lipinski definition) is 1. The van der Waals surface area contributed by atoms with Gasteiger partial charge in [-0.1, -0.05) is 45.7 Å². The molecule has 1 N–H and O–H groups in total. The van der Waals surface area contributed by atoms with E-state index >= 15 is 0 Å². The SMILES string of the molecule is CC(O)(c1ccc(Br)cc1)c1ccc(Cl)cc1F. The van der Waals surface area contributed by atoms with Gasteiger partial charge in [0.25, 0.3) is 0 Å². The molecule has 0 amide bonds. The maximum atomic E-state index is 13.9. The molecule has 0 spiro atoms. The molecule has 4 heteroatoms. The van der Waals surface area contributed by atoms with Gasteiger partial charge in [-0.05, 0) is 36.8 Å². The summed E-state index contributed by atoms with van der Waals surface area (Å²) < 4.78 is 14.8. The fraction of sp³-hybridized carbons (Fsp3) is 0.143. The standard InChI is InChI=1S/C14H11BrClFO/c1-14(18,9-2-4-10(15)5-3-9)12-7-6-11(16)8-13(12)17/h2-8,18H,1H3. The van der Waals surface area contributed by atoms with Crippen molar-refractivity contribution in [3.63, 3.8) is 0 Å². The summed E-state index contributed by atoms with van der Waals surface area (Å²) >= 11 is 9.03. The molecule has 0 heterocycles. The zero-order valence-corrected chi connectivity index (χ0v) is 12.0. The van der Waals surface area contributed by atoms with Crippen LogP contribution in [0.5, 0.6) is 0 Å². The van der Waals surface area contributed by atoms with Crippen LogP contribution in [0.3, 0.4) is 0 Å². The number of halogens is 3. The monoisotopic (exact) mass is 328 g/mol. The Kier molecular flexibility index (Phi) is 3.76. The van der Waals surface area contributed by atoms with E-state index < -0.39 is 11.4 Å². The summed E-state index contributed by atoms with van der Waals surface area (Å²) in [5.41, 5.74) is -0.573. The molecule has 0 bridgehead atoms. The predicted molar refractivity (Wildman–Crippen MR) is 74.2 cm³/mol. The van der Waals surface area contributed by atoms with Gasteiger partial charge in [0.15, 0.2) is 0 Å². The van der Waals surface area contributed by atoms with Gasteiger partial charge in [-0.3, -0.25) is 0 Å². The van der Waals surface area contributed by atoms with E-state index in [0.29, 0.717) is 10.6 Å². The van der Waals surface area contributed by atoms with Gasteiger partial charge in [-0.2, -0.15) is 0 Å². The van der Waals surface area contributed by atoms with Crippen LogP contribution in [-0.2, 0) is 5.60 Å². The average Bonchev–Trinajstić information content (AvgIpc) is 2.29. The molecule has 0 saturated carbocycles. The largest absolute Gasteiger partial charge is 0.381 e. The lowest BCUT2D eigenvalue weighted by atomic mass is 9.88. The van der Waals surface area contributed by atoms with Gasteiger partial charge in [0.2, 0.25) is 0 Å². The van der Waals surface area contributed by atoms with Gasteiger partial charge in [0.1, 0.15) is 11.4 Å². The smallest absolute Gasteiger partial charge is 0.131 e. The summed E-state index contributed by atoms with van der Waals surface area (Å²) in [5.74, 6) is -0.518. The Hall–Kier alpha value is -0.900. The fourth-order valence-corrected chi connectivity index (χ4v) is 2.24. The maximum Gasteiger partial charge on any atom is 0.131 e. The van der Waals surface area contributed by atoms with Crippen LogP contribution >= 0.6 is 27.5 Å². The van der Waals surface area contributed by atoms with Crippen LogP contribution in [0.25, 0.3) is 0 Å². The quantitative estimate of drug-likeness (QED) is 0.860. The van der Waals surface area contributed by atoms with Gasteiger partial charge >= 0.3 is 0 Å². The van der Waals surface area contributed by atoms with Crippen molar-refractivity contribution in [1.82, 2.24) is 0 Å². The first-order valence-electron chi connectivity index (χ1n) is 5.35. The van der Waals surface area contributed by atoms with Crippen molar-refractivity contribution in [2.24, 2.45) is 0 Å². The lowest BCUT2D eigenvalue weighted by Gasteiger charge is -2.25. The number of hydrogen-bond donors (Lipinski definition) is 1. The van der Waals surface area contributed by atoms with Gasteiger partial charge in [0, 0.05) is 15.1 Å². The van der Waals surface area contributed by atoms with Crippen LogP contribution in [0.2, 0.25) is 5.02 Å². The lowest BCUT2D eigenvalue weighted by Crippen LogP contribution is -2.24. The van der Waals surface area contributed by atoms with Gasteiger partial charge in [-0.15, -0.1) is 0 Å². The van der Waals surface area contributed by atoms with E-state index in [1.54, 1.807) is 37.3 Å². The molecular weight excluding hydrogens is 319 g/mol. The highest BCUT2D eigenvalue weighted by molar-refractivity contribution is 9.10. The number of rotatable bonds is 2. The second kappa shape index (κ2) is 5.00. The fourth-order valence-electron chi connectivity index (χ4n) is 1.81. The molecule has 1 unspecified atom stereocenters. The summed E-state index contributed by atoms with van der Waals surface area (Å²) in [5, 5.41) is 10.8. The summed E-state index contributed by atoms with van der Waals surface area (Å²) in [6.07, 6.45) is 0. The number of benzene rings is 2. The van der Waals surface area contributed by atoms with E-state index in [9.17, 15) is 9.50 Å². The highest BCUT2D eigenvalue weighted by Gasteiger charge is 2.28. The van der Waals surface area contributed by atoms with Crippen LogP contribution in [-0.4, -0.2) is 5.11 Å². The van der Waals surface area contributed by atoms with E-state index in [2.05, 4.69) is 15.9 Å². The van der Waals surface area contributed by atoms with Crippen molar-refractivity contribution in [3.05, 3.63) is 68.9 Å². The van der Waals surface area contributed by atoms with E-state index in [1.807, 2.05) is 0 Å². The molecule has 0 radical (unpaired) electrons. The molecule has 0 aliphatic carbocycles. The van der Waals surface area contributed by atoms with Crippen molar-refractivity contribution >= 4 is 27.5 Å². The summed E-state index contributed by atoms with van der Waals surface area (Å²) in [6.45, 7) is 1.56. The Balaban J connectivity index is 2.50. The van der Waals surface area contributed by atoms with Crippen molar-refractivity contribution in [2.45, 2.75) is 12.5 Å². The molecule has 0 saturated heterocycles. The molecule has 2 aromatic carbocycles. The Morgan fingerprint density at radius 2 is 1.78 bits per heavy atom. The molecule has 0 aliphatic rings. The molecular formula is C14H11BrClFO. The zero-order valence-electron chi connectivity index (χ0n) is 9.62. The van der Waals surface area contributed by atoms with E-state index in [4.69, 9.17) is 11.6 Å². The maximum absolute atomic E-state index is 13.9. The third-order valence-corrected chi connectivity index (χ3v) is 3.63. The molecule has 2 rings (SSSR count). The number of aliphatic hydroxyl groups is 1. The van der Waals surface area contributed by atoms with Crippen molar-refractivity contribution in [3.8, 4) is 0 Å². The summed E-state index contributed by atoms with van der Waals surface area (Å²) in [4.78, 5) is 0. The van der Waals surface area contributed by atoms with Crippen LogP contribution in [0.1, 0.15) is 18.1 Å². The normalized spacial score (nSPS) is 14.3. The second-order valence-electron chi connectivity index (χ2n) is 4.20. The van der Waals surface area contributed by atoms with Crippen LogP contribution in [0, 0.1) is 5.82 Å². The molecule has 0 fully saturated rings. The summed E-state index contributed by atoms with van der Waals surface area (Å²) in [7, 11) is 0. The van der Waals surface area contributed by atoms with Crippen LogP contribution in [0.15, 0.2) is 46.9 Å². The zero-order chi connectivity index (χ0) is 13.3. The molecule has 1 atom stereocenters. The molecule has 1 nitrogen and oxygen atoms in total. The third-order valence-electron chi connectivity index (χ3n) is 2.86. The minimum absolute atomic E-state index is 0.203. The first-order valence-corrected chi connectivity index (χ1v) is 6.52. The predicted octanol–water partition coefficient (Wildman–Crippen LogP) is 4.50. The third kappa shape index (κ3) is 2.58. The van der Waals surface area contributed by atoms with Gasteiger partial charge in [-0.25, -0.2) is 4.39 Å². The molecule has 0 aromatic heterocycles. The Morgan fingerprint density at radius 3 is 2.33 bits per heavy atom. The van der Waals surface area contributed by atoms with E-state index in [1.165, 1.54) is 12.1 Å². The summed E-state index contributed by atoms with van der Waals surface area (Å²) in [6, 6.07) is 11.4. The van der Waals surface area contributed by atoms with Crippen molar-refractivity contribution in [2.75, 3.05) is 0 Å². The van der Waals surface area contributed by atoms with Gasteiger partial charge < -0.3 is 5.11 Å². The van der Waals surface area contributed by atoms with Crippen molar-refractivity contribution < 1.29 is 9.50 Å². The first kappa shape index (κ1) is 13.5. The molecule has 94 valence electrons. The Labute approximate surface area is 118 Å². The molecule has 18 heavy (non-hydrogen) atoms. The topological polar surface area (TPSA) is 20.2 Å². The van der Waals surface area contributed by atoms with Gasteiger partial charge in [0.05, 0.1) is 0 Å². The molecule has 0 aliphatic heterocycles. The van der Waals surface area contributed by atoms with Crippen molar-refractivity contribution in [1.29, 1.82) is 0 Å². The van der Waals surface area contributed by atoms with Crippen LogP contribution < -0.4 is 0 Å². The first-order chi connectivity index (χ1) is 8.41.